The lowest BCUT2D eigenvalue weighted by Gasteiger charge is -2.25. The highest BCUT2D eigenvalue weighted by molar-refractivity contribution is 7.57. The van der Waals surface area contributed by atoms with Gasteiger partial charge in [-0.2, -0.15) is 13.5 Å². The molecule has 4 N–H and O–H groups in total. The third-order valence-electron chi connectivity index (χ3n) is 8.64. The van der Waals surface area contributed by atoms with E-state index in [-0.39, 0.29) is 76.7 Å². The number of carbonyl (C=O) groups is 4. The molecule has 3 aromatic rings. The van der Waals surface area contributed by atoms with Crippen LogP contribution in [0.2, 0.25) is 5.02 Å². The van der Waals surface area contributed by atoms with E-state index in [2.05, 4.69) is 25.2 Å². The van der Waals surface area contributed by atoms with E-state index >= 15 is 0 Å². The molecule has 0 spiro atoms. The molecule has 0 saturated carbocycles. The zero-order chi connectivity index (χ0) is 51.8. The van der Waals surface area contributed by atoms with Gasteiger partial charge >= 0.3 is 24.2 Å². The summed E-state index contributed by atoms with van der Waals surface area (Å²) in [6.45, 7) is 15.7. The first kappa shape index (κ1) is 63.1. The van der Waals surface area contributed by atoms with Gasteiger partial charge in [0, 0.05) is 44.0 Å². The Morgan fingerprint density at radius 2 is 1.63 bits per heavy atom. The average molecular weight is 1070 g/mol. The smallest absolute Gasteiger partial charge is 0.355 e. The van der Waals surface area contributed by atoms with Gasteiger partial charge in [0.25, 0.3) is 5.91 Å². The van der Waals surface area contributed by atoms with Gasteiger partial charge in [-0.15, -0.1) is 41.5 Å². The van der Waals surface area contributed by atoms with Crippen molar-refractivity contribution in [3.05, 3.63) is 99.5 Å². The molecule has 0 bridgehead atoms. The number of aryl methyl sites for hydroxylation is 3. The number of anilines is 1. The number of hydrogen-bond acceptors (Lipinski definition) is 10. The largest absolute Gasteiger partial charge is 0.480 e. The van der Waals surface area contributed by atoms with Crippen LogP contribution >= 0.6 is 65.4 Å². The summed E-state index contributed by atoms with van der Waals surface area (Å²) in [7, 11) is -3.10. The maximum Gasteiger partial charge on any atom is 0.355 e. The van der Waals surface area contributed by atoms with E-state index in [0.29, 0.717) is 24.4 Å². The number of aromatic nitrogens is 3. The Kier molecular flexibility index (Phi) is 30.1. The minimum Gasteiger partial charge on any atom is -0.480 e. The third-order valence-corrected chi connectivity index (χ3v) is 11.0. The quantitative estimate of drug-likeness (QED) is 0.0304. The van der Waals surface area contributed by atoms with Gasteiger partial charge in [-0.05, 0) is 69.4 Å². The summed E-state index contributed by atoms with van der Waals surface area (Å²) in [5, 5.41) is 10.8. The number of para-hydroxylation sites is 1. The van der Waals surface area contributed by atoms with Crippen LogP contribution in [-0.2, 0) is 46.1 Å². The van der Waals surface area contributed by atoms with Crippen molar-refractivity contribution in [2.24, 2.45) is 5.73 Å². The first-order chi connectivity index (χ1) is 31.3. The van der Waals surface area contributed by atoms with Gasteiger partial charge in [0.05, 0.1) is 12.3 Å². The first-order valence-corrected chi connectivity index (χ1v) is 24.6. The molecule has 0 aliphatic carbocycles. The molecule has 1 aromatic heterocycles. The van der Waals surface area contributed by atoms with Crippen molar-refractivity contribution in [2.45, 2.75) is 76.7 Å². The maximum atomic E-state index is 14.2. The number of carbonyl (C=O) groups excluding carboxylic acids is 3. The first-order valence-electron chi connectivity index (χ1n) is 20.1. The fraction of sp³-hybridized carbons (Fsp3) is 0.476. The topological polar surface area (TPSA) is 217 Å². The zero-order valence-corrected chi connectivity index (χ0v) is 42.5. The number of rotatable bonds is 21. The number of nitrogens with two attached hydrogens (primary N) is 1. The lowest BCUT2D eigenvalue weighted by atomic mass is 10.0. The van der Waals surface area contributed by atoms with Crippen LogP contribution in [0.5, 0.6) is 0 Å². The normalized spacial score (nSPS) is 12.4. The van der Waals surface area contributed by atoms with Gasteiger partial charge < -0.3 is 30.1 Å². The van der Waals surface area contributed by atoms with Crippen LogP contribution in [-0.4, -0.2) is 121 Å². The van der Waals surface area contributed by atoms with E-state index < -0.39 is 53.6 Å². The lowest BCUT2D eigenvalue weighted by Crippen LogP contribution is -2.35. The van der Waals surface area contributed by atoms with Crippen LogP contribution in [0.15, 0.2) is 60.4 Å². The van der Waals surface area contributed by atoms with E-state index in [1.54, 1.807) is 24.0 Å². The van der Waals surface area contributed by atoms with Gasteiger partial charge in [0.2, 0.25) is 5.91 Å². The Balaban J connectivity index is 0.000000927. The number of benzene rings is 2. The second-order valence-electron chi connectivity index (χ2n) is 13.9. The minimum atomic E-state index is -3.12. The molecule has 25 heteroatoms. The Hall–Kier alpha value is -3.91. The highest BCUT2D eigenvalue weighted by atomic mass is 35.5. The molecule has 0 fully saturated rings. The fourth-order valence-electron chi connectivity index (χ4n) is 5.38. The fourth-order valence-corrected chi connectivity index (χ4v) is 7.01. The van der Waals surface area contributed by atoms with E-state index in [4.69, 9.17) is 83.2 Å². The van der Waals surface area contributed by atoms with Gasteiger partial charge in [-0.3, -0.25) is 28.6 Å². The number of halogens is 8. The highest BCUT2D eigenvalue weighted by Crippen LogP contribution is 2.35. The summed E-state index contributed by atoms with van der Waals surface area (Å²) in [6, 6.07) is 7.02. The standard InChI is InChI=1S/C15H14Cl2F3N3O3.C14H20ClNO2.C8H11Cl2NO.C5H12NO4P/c1-3-26-13(24)10(17)4-8-5-12(11(18)6-9(8)16)23-15(25)22(14(19)20)7(2)21-23;1-4-12-8-6-7-11(3)14(12)16(10-18-5-2)13(17)9-15;1-3-5-11(6-4-2)8(12)7(9)10;1-11(9,10)3-2-4(6)5(7)8/h5-6,10,14H,3-4H2,1-2H3;6-8H,4-5,9-10H2,1-3H3;3-4,7H,1-2,5-6H2;4H,2-3,6H2,1H3,(H,7,8)(H,9,10). The van der Waals surface area contributed by atoms with Gasteiger partial charge in [-0.25, -0.2) is 13.8 Å². The van der Waals surface area contributed by atoms with E-state index in [9.17, 15) is 41.7 Å². The molecule has 16 nitrogen and oxygen atoms in total. The summed E-state index contributed by atoms with van der Waals surface area (Å²) in [4.78, 5) is 67.8. The number of ether oxygens (including phenoxy) is 2. The van der Waals surface area contributed by atoms with Crippen molar-refractivity contribution in [3.63, 3.8) is 0 Å². The van der Waals surface area contributed by atoms with Crippen LogP contribution in [0.25, 0.3) is 5.69 Å². The Labute approximate surface area is 412 Å². The molecule has 1 heterocycles. The van der Waals surface area contributed by atoms with Crippen molar-refractivity contribution >= 4 is 94.8 Å². The molecule has 3 rings (SSSR count). The Morgan fingerprint density at radius 3 is 2.07 bits per heavy atom. The van der Waals surface area contributed by atoms with E-state index in [1.807, 2.05) is 32.0 Å². The van der Waals surface area contributed by atoms with Gasteiger partial charge in [0.15, 0.2) is 18.0 Å². The molecular weight excluding hydrogens is 1010 g/mol. The molecule has 3 atom stereocenters. The summed E-state index contributed by atoms with van der Waals surface area (Å²) in [5.74, 6) is -3.55. The Morgan fingerprint density at radius 1 is 1.03 bits per heavy atom. The predicted molar refractivity (Wildman–Crippen MR) is 257 cm³/mol. The van der Waals surface area contributed by atoms with E-state index in [1.165, 1.54) is 18.5 Å². The average Bonchev–Trinajstić information content (AvgIpc) is 3.56. The summed E-state index contributed by atoms with van der Waals surface area (Å²) < 4.78 is 61.5. The lowest BCUT2D eigenvalue weighted by molar-refractivity contribution is -0.142. The molecule has 2 amide bonds. The molecule has 67 heavy (non-hydrogen) atoms. The van der Waals surface area contributed by atoms with Crippen LogP contribution in [0.1, 0.15) is 56.3 Å². The van der Waals surface area contributed by atoms with Crippen molar-refractivity contribution in [2.75, 3.05) is 56.6 Å². The highest BCUT2D eigenvalue weighted by Gasteiger charge is 2.25. The number of hydrogen-bond donors (Lipinski definition) is 3. The molecule has 0 radical (unpaired) electrons. The molecule has 0 aliphatic rings. The monoisotopic (exact) mass is 1070 g/mol. The number of aliphatic carboxylic acids is 1. The maximum absolute atomic E-state index is 14.2. The number of amides is 2. The molecule has 0 aliphatic heterocycles. The number of alkyl halides is 6. The van der Waals surface area contributed by atoms with E-state index in [0.717, 1.165) is 35.4 Å². The minimum absolute atomic E-state index is 0.0371. The van der Waals surface area contributed by atoms with Crippen molar-refractivity contribution in [3.8, 4) is 5.69 Å². The number of esters is 1. The molecule has 3 unspecified atom stereocenters. The van der Waals surface area contributed by atoms with Gasteiger partial charge in [0.1, 0.15) is 35.5 Å². The summed E-state index contributed by atoms with van der Waals surface area (Å²) >= 11 is 28.4. The van der Waals surface area contributed by atoms with Crippen LogP contribution in [0.3, 0.4) is 0 Å². The summed E-state index contributed by atoms with van der Waals surface area (Å²) in [6.07, 6.45) is 3.97. The number of nitrogens with zero attached hydrogens (tertiary/aromatic N) is 5. The second-order valence-corrected chi connectivity index (χ2v) is 18.7. The number of carboxylic acids is 1. The van der Waals surface area contributed by atoms with Crippen LogP contribution in [0.4, 0.5) is 18.9 Å². The SMILES string of the molecule is C=CCN(CC=C)C(=O)C(Cl)Cl.CCOC(=O)C(Cl)Cc1cc(-n2nc(C)n(C(F)F)c2=O)c(F)cc1Cl.CCOCN(C(=O)CCl)c1c(C)cccc1CC.CP(=O)(O)CCC(N)C(=O)O. The number of carboxylic acid groups (broad SMARTS) is 1. The van der Waals surface area contributed by atoms with Crippen molar-refractivity contribution < 1.29 is 56.4 Å². The van der Waals surface area contributed by atoms with Crippen LogP contribution < -0.4 is 16.3 Å². The Bertz CT molecular complexity index is 2200. The molecule has 0 saturated heterocycles. The van der Waals surface area contributed by atoms with Crippen molar-refractivity contribution in [1.29, 1.82) is 0 Å². The zero-order valence-electron chi connectivity index (χ0n) is 37.8. The van der Waals surface area contributed by atoms with Crippen molar-refractivity contribution in [1.82, 2.24) is 19.2 Å². The summed E-state index contributed by atoms with van der Waals surface area (Å²) in [5.41, 5.74) is 6.85. The molecule has 2 aromatic carbocycles. The van der Waals surface area contributed by atoms with Crippen LogP contribution in [0, 0.1) is 19.7 Å². The predicted octanol–water partition coefficient (Wildman–Crippen LogP) is 8.05. The second kappa shape index (κ2) is 32.0. The van der Waals surface area contributed by atoms with Gasteiger partial charge in [-0.1, -0.05) is 72.1 Å². The third kappa shape index (κ3) is 21.9. The molecule has 376 valence electrons. The molecular formula is C42H57Cl5F3N6O10P.